The molecular formula is C23H32Cl3N5OS. The Morgan fingerprint density at radius 3 is 2.45 bits per heavy atom. The van der Waals surface area contributed by atoms with Crippen molar-refractivity contribution in [1.29, 1.82) is 0 Å². The van der Waals surface area contributed by atoms with Crippen LogP contribution in [-0.4, -0.2) is 59.5 Å². The van der Waals surface area contributed by atoms with Crippen LogP contribution in [0.4, 0.5) is 5.82 Å². The van der Waals surface area contributed by atoms with Gasteiger partial charge in [-0.3, -0.25) is 4.79 Å². The molecule has 0 aliphatic carbocycles. The highest BCUT2D eigenvalue weighted by Crippen LogP contribution is 2.44. The van der Waals surface area contributed by atoms with Crippen molar-refractivity contribution in [1.82, 2.24) is 20.2 Å². The van der Waals surface area contributed by atoms with Crippen molar-refractivity contribution in [2.45, 2.75) is 43.7 Å². The van der Waals surface area contributed by atoms with Crippen LogP contribution >= 0.6 is 48.2 Å². The van der Waals surface area contributed by atoms with Gasteiger partial charge in [0.1, 0.15) is 12.1 Å². The first kappa shape index (κ1) is 28.0. The average Bonchev–Trinajstić information content (AvgIpc) is 3.16. The number of carbonyl (C=O) groups is 1. The zero-order valence-corrected chi connectivity index (χ0v) is 22.4. The predicted molar refractivity (Wildman–Crippen MR) is 142 cm³/mol. The highest BCUT2D eigenvalue weighted by Gasteiger charge is 2.32. The lowest BCUT2D eigenvalue weighted by molar-refractivity contribution is -0.133. The summed E-state index contributed by atoms with van der Waals surface area (Å²) in [7, 11) is 0. The van der Waals surface area contributed by atoms with Crippen molar-refractivity contribution in [3.05, 3.63) is 52.4 Å². The number of nitrogens with one attached hydrogen (secondary N) is 1. The van der Waals surface area contributed by atoms with Gasteiger partial charge in [0.15, 0.2) is 0 Å². The van der Waals surface area contributed by atoms with E-state index in [1.807, 2.05) is 40.9 Å². The summed E-state index contributed by atoms with van der Waals surface area (Å²) in [6.45, 7) is 10.0. The molecule has 0 spiro atoms. The molecule has 0 bridgehead atoms. The Hall–Kier alpha value is -1.25. The van der Waals surface area contributed by atoms with Gasteiger partial charge in [-0.2, -0.15) is 0 Å². The Morgan fingerprint density at radius 2 is 1.82 bits per heavy atom. The topological polar surface area (TPSA) is 61.4 Å². The van der Waals surface area contributed by atoms with Gasteiger partial charge in [-0.25, -0.2) is 9.97 Å². The first-order chi connectivity index (χ1) is 14.9. The van der Waals surface area contributed by atoms with Crippen LogP contribution in [0.5, 0.6) is 0 Å². The second-order valence-electron chi connectivity index (χ2n) is 8.49. The Morgan fingerprint density at radius 1 is 1.15 bits per heavy atom. The van der Waals surface area contributed by atoms with Crippen LogP contribution in [0.2, 0.25) is 5.02 Å². The quantitative estimate of drug-likeness (QED) is 0.581. The van der Waals surface area contributed by atoms with Crippen LogP contribution in [0.3, 0.4) is 0 Å². The van der Waals surface area contributed by atoms with Crippen LogP contribution in [0, 0.1) is 0 Å². The van der Waals surface area contributed by atoms with Crippen molar-refractivity contribution >= 4 is 59.9 Å². The lowest BCUT2D eigenvalue weighted by Gasteiger charge is -2.38. The number of hydrogen-bond donors (Lipinski definition) is 1. The molecule has 182 valence electrons. The molecule has 6 nitrogen and oxygen atoms in total. The number of piperazine rings is 1. The normalized spacial score (nSPS) is 18.4. The second kappa shape index (κ2) is 12.5. The lowest BCUT2D eigenvalue weighted by atomic mass is 9.96. The van der Waals surface area contributed by atoms with E-state index in [0.29, 0.717) is 35.9 Å². The molecule has 0 radical (unpaired) electrons. The van der Waals surface area contributed by atoms with Crippen LogP contribution in [0.1, 0.15) is 48.8 Å². The van der Waals surface area contributed by atoms with Gasteiger partial charge in [-0.05, 0) is 24.6 Å². The number of nitrogens with zero attached hydrogens (tertiary/aromatic N) is 4. The zero-order valence-electron chi connectivity index (χ0n) is 19.2. The van der Waals surface area contributed by atoms with E-state index >= 15 is 0 Å². The smallest absolute Gasteiger partial charge is 0.231 e. The maximum atomic E-state index is 13.5. The Labute approximate surface area is 218 Å². The van der Waals surface area contributed by atoms with Crippen molar-refractivity contribution < 1.29 is 4.79 Å². The minimum atomic E-state index is -0.217. The summed E-state index contributed by atoms with van der Waals surface area (Å²) in [5.74, 6) is 1.96. The number of thioether (sulfide) groups is 1. The number of hydrogen-bond acceptors (Lipinski definition) is 6. The Bertz CT molecular complexity index is 923. The molecule has 0 saturated carbocycles. The minimum Gasteiger partial charge on any atom is -0.353 e. The highest BCUT2D eigenvalue weighted by atomic mass is 35.5. The van der Waals surface area contributed by atoms with E-state index in [2.05, 4.69) is 41.0 Å². The first-order valence-corrected chi connectivity index (χ1v) is 12.3. The van der Waals surface area contributed by atoms with E-state index in [9.17, 15) is 4.79 Å². The monoisotopic (exact) mass is 531 g/mol. The molecule has 1 aromatic carbocycles. The van der Waals surface area contributed by atoms with E-state index in [1.165, 1.54) is 5.56 Å². The van der Waals surface area contributed by atoms with Gasteiger partial charge in [0.25, 0.3) is 0 Å². The van der Waals surface area contributed by atoms with Gasteiger partial charge in [-0.1, -0.05) is 37.6 Å². The molecule has 2 atom stereocenters. The molecule has 1 N–H and O–H groups in total. The number of halogens is 3. The van der Waals surface area contributed by atoms with Crippen LogP contribution in [0.25, 0.3) is 0 Å². The number of benzene rings is 1. The van der Waals surface area contributed by atoms with Gasteiger partial charge in [0, 0.05) is 60.4 Å². The Balaban J connectivity index is 0.00000193. The van der Waals surface area contributed by atoms with Crippen molar-refractivity contribution in [2.75, 3.05) is 37.6 Å². The summed E-state index contributed by atoms with van der Waals surface area (Å²) in [4.78, 5) is 26.9. The maximum Gasteiger partial charge on any atom is 0.231 e. The van der Waals surface area contributed by atoms with Crippen molar-refractivity contribution in [3.63, 3.8) is 0 Å². The van der Waals surface area contributed by atoms with Gasteiger partial charge in [0.2, 0.25) is 5.91 Å². The summed E-state index contributed by atoms with van der Waals surface area (Å²) in [6.07, 6.45) is 1.68. The maximum absolute atomic E-state index is 13.5. The molecule has 1 unspecified atom stereocenters. The summed E-state index contributed by atoms with van der Waals surface area (Å²) in [5.41, 5.74) is 3.43. The number of amides is 1. The first-order valence-electron chi connectivity index (χ1n) is 10.9. The highest BCUT2D eigenvalue weighted by molar-refractivity contribution is 7.99. The summed E-state index contributed by atoms with van der Waals surface area (Å²) >= 11 is 7.98. The fourth-order valence-electron chi connectivity index (χ4n) is 4.25. The van der Waals surface area contributed by atoms with Gasteiger partial charge >= 0.3 is 0 Å². The lowest BCUT2D eigenvalue weighted by Crippen LogP contribution is -2.51. The number of fused-ring (bicyclic) bond motifs is 1. The van der Waals surface area contributed by atoms with E-state index in [4.69, 9.17) is 11.6 Å². The van der Waals surface area contributed by atoms with Crippen molar-refractivity contribution in [3.8, 4) is 0 Å². The second-order valence-corrected chi connectivity index (χ2v) is 10.3. The minimum absolute atomic E-state index is 0. The largest absolute Gasteiger partial charge is 0.353 e. The third-order valence-electron chi connectivity index (χ3n) is 6.01. The molecule has 2 aliphatic rings. The Kier molecular flexibility index (Phi) is 10.6. The zero-order chi connectivity index (χ0) is 22.0. The standard InChI is InChI=1S/C23H30ClN5OS.2ClH/c1-15(2)25-12-19(17-4-6-18(24)7-5-17)23(30)29-10-8-28(9-11-29)22-21-16(3)31-13-20(21)26-14-27-22;;/h4-7,14-16,19,25H,8-13H2,1-3H3;2*1H/t16-,19?;;/m0../s1. The molecule has 1 saturated heterocycles. The number of rotatable bonds is 6. The molecule has 2 aromatic rings. The molecule has 2 aliphatic heterocycles. The molecule has 10 heteroatoms. The van der Waals surface area contributed by atoms with E-state index in [0.717, 1.165) is 35.9 Å². The SMILES string of the molecule is CC(C)NCC(C(=O)N1CCN(c2ncnc3c2[C@H](C)SC3)CC1)c1ccc(Cl)cc1.Cl.Cl. The molecule has 1 aromatic heterocycles. The molecule has 4 rings (SSSR count). The molecular weight excluding hydrogens is 501 g/mol. The van der Waals surface area contributed by atoms with Crippen molar-refractivity contribution in [2.24, 2.45) is 0 Å². The molecule has 1 amide bonds. The summed E-state index contributed by atoms with van der Waals surface area (Å²) in [5, 5.41) is 4.54. The van der Waals surface area contributed by atoms with Gasteiger partial charge in [-0.15, -0.1) is 36.6 Å². The third kappa shape index (κ3) is 6.45. The van der Waals surface area contributed by atoms with Crippen LogP contribution in [0.15, 0.2) is 30.6 Å². The van der Waals surface area contributed by atoms with Crippen LogP contribution in [-0.2, 0) is 10.5 Å². The van der Waals surface area contributed by atoms with E-state index < -0.39 is 0 Å². The fraction of sp³-hybridized carbons (Fsp3) is 0.522. The third-order valence-corrected chi connectivity index (χ3v) is 7.44. The molecule has 1 fully saturated rings. The summed E-state index contributed by atoms with van der Waals surface area (Å²) in [6, 6.07) is 7.97. The molecule has 3 heterocycles. The van der Waals surface area contributed by atoms with Gasteiger partial charge < -0.3 is 15.1 Å². The number of aromatic nitrogens is 2. The predicted octanol–water partition coefficient (Wildman–Crippen LogP) is 4.71. The molecule has 33 heavy (non-hydrogen) atoms. The number of carbonyl (C=O) groups excluding carboxylic acids is 1. The van der Waals surface area contributed by atoms with Gasteiger partial charge in [0.05, 0.1) is 11.6 Å². The number of anilines is 1. The fourth-order valence-corrected chi connectivity index (χ4v) is 5.42. The van der Waals surface area contributed by atoms with Crippen LogP contribution < -0.4 is 10.2 Å². The average molecular weight is 533 g/mol. The van der Waals surface area contributed by atoms with E-state index in [-0.39, 0.29) is 36.6 Å². The summed E-state index contributed by atoms with van der Waals surface area (Å²) < 4.78 is 0. The van der Waals surface area contributed by atoms with E-state index in [1.54, 1.807) is 6.33 Å².